The molecular formula is C42H32O9. The van der Waals surface area contributed by atoms with Crippen molar-refractivity contribution in [3.63, 3.8) is 0 Å². The number of phenols is 7. The average molecular weight is 681 g/mol. The van der Waals surface area contributed by atoms with Crippen molar-refractivity contribution in [2.45, 2.75) is 24.0 Å². The van der Waals surface area contributed by atoms with Gasteiger partial charge in [-0.15, -0.1) is 0 Å². The standard InChI is InChI=1S/C42H32O9/c43-28-9-3-22(4-10-28)1-2-23-15-33(48)39-35(16-23)50-42(25-7-13-30(45)14-8-25)38(39)27-19-34(49)40-36(20-27)51-41(24-5-11-29(44)12-6-24)37(40)26-17-31(46)21-32(47)18-26/h1-21,37-38,41-49H/t37-,38-,41+,42+/m0/s1. The van der Waals surface area contributed by atoms with E-state index in [9.17, 15) is 35.7 Å². The van der Waals surface area contributed by atoms with E-state index in [1.807, 2.05) is 18.2 Å². The van der Waals surface area contributed by atoms with Crippen molar-refractivity contribution >= 4 is 12.2 Å². The largest absolute Gasteiger partial charge is 0.508 e. The summed E-state index contributed by atoms with van der Waals surface area (Å²) in [6.07, 6.45) is 2.33. The van der Waals surface area contributed by atoms with E-state index in [0.717, 1.165) is 11.1 Å². The monoisotopic (exact) mass is 680 g/mol. The second-order valence-electron chi connectivity index (χ2n) is 12.8. The Morgan fingerprint density at radius 3 is 1.33 bits per heavy atom. The van der Waals surface area contributed by atoms with Gasteiger partial charge in [0.15, 0.2) is 0 Å². The highest BCUT2D eigenvalue weighted by molar-refractivity contribution is 5.73. The van der Waals surface area contributed by atoms with Gasteiger partial charge in [-0.2, -0.15) is 0 Å². The summed E-state index contributed by atoms with van der Waals surface area (Å²) >= 11 is 0. The minimum absolute atomic E-state index is 0.0138. The number of fused-ring (bicyclic) bond motifs is 2. The van der Waals surface area contributed by atoms with Crippen molar-refractivity contribution in [1.82, 2.24) is 0 Å². The van der Waals surface area contributed by atoms with E-state index in [2.05, 4.69) is 0 Å². The maximum Gasteiger partial charge on any atom is 0.135 e. The van der Waals surface area contributed by atoms with Crippen LogP contribution in [0.2, 0.25) is 0 Å². The molecule has 6 aromatic carbocycles. The minimum Gasteiger partial charge on any atom is -0.508 e. The molecule has 0 aliphatic carbocycles. The molecule has 0 saturated heterocycles. The number of hydrogen-bond acceptors (Lipinski definition) is 9. The molecule has 0 saturated carbocycles. The van der Waals surface area contributed by atoms with Gasteiger partial charge in [0.25, 0.3) is 0 Å². The first-order valence-electron chi connectivity index (χ1n) is 16.3. The molecule has 4 atom stereocenters. The van der Waals surface area contributed by atoms with Gasteiger partial charge in [0, 0.05) is 17.2 Å². The summed E-state index contributed by atoms with van der Waals surface area (Å²) in [6.45, 7) is 0. The van der Waals surface area contributed by atoms with Gasteiger partial charge in [0.2, 0.25) is 0 Å². The van der Waals surface area contributed by atoms with Crippen LogP contribution in [0.25, 0.3) is 12.2 Å². The molecule has 9 heteroatoms. The van der Waals surface area contributed by atoms with Crippen LogP contribution in [0.3, 0.4) is 0 Å². The third-order valence-corrected chi connectivity index (χ3v) is 9.47. The Labute approximate surface area is 292 Å². The zero-order valence-corrected chi connectivity index (χ0v) is 26.9. The molecule has 2 aliphatic rings. The lowest BCUT2D eigenvalue weighted by Crippen LogP contribution is -2.11. The second kappa shape index (κ2) is 12.3. The quantitative estimate of drug-likeness (QED) is 0.0858. The minimum atomic E-state index is -0.695. The zero-order chi connectivity index (χ0) is 35.4. The van der Waals surface area contributed by atoms with Crippen molar-refractivity contribution in [2.24, 2.45) is 0 Å². The Morgan fingerprint density at radius 2 is 0.804 bits per heavy atom. The Morgan fingerprint density at radius 1 is 0.373 bits per heavy atom. The molecule has 0 spiro atoms. The van der Waals surface area contributed by atoms with Crippen LogP contribution >= 0.6 is 0 Å². The third kappa shape index (κ3) is 5.84. The molecule has 0 fully saturated rings. The molecule has 9 nitrogen and oxygen atoms in total. The van der Waals surface area contributed by atoms with E-state index in [4.69, 9.17) is 9.47 Å². The number of hydrogen-bond donors (Lipinski definition) is 7. The molecular weight excluding hydrogens is 648 g/mol. The summed E-state index contributed by atoms with van der Waals surface area (Å²) in [7, 11) is 0. The Hall–Kier alpha value is -6.74. The summed E-state index contributed by atoms with van der Waals surface area (Å²) in [5, 5.41) is 73.8. The van der Waals surface area contributed by atoms with Crippen molar-refractivity contribution in [3.8, 4) is 51.7 Å². The molecule has 0 aromatic heterocycles. The van der Waals surface area contributed by atoms with Crippen LogP contribution < -0.4 is 9.47 Å². The number of phenolic OH excluding ortho intramolecular Hbond substituents is 7. The van der Waals surface area contributed by atoms with Crippen molar-refractivity contribution in [3.05, 3.63) is 160 Å². The van der Waals surface area contributed by atoms with Gasteiger partial charge in [0.1, 0.15) is 64.0 Å². The molecule has 8 rings (SSSR count). The highest BCUT2D eigenvalue weighted by Gasteiger charge is 2.43. The van der Waals surface area contributed by atoms with E-state index in [1.165, 1.54) is 30.3 Å². The molecule has 0 radical (unpaired) electrons. The highest BCUT2D eigenvalue weighted by Crippen LogP contribution is 2.58. The lowest BCUT2D eigenvalue weighted by molar-refractivity contribution is 0.218. The fraction of sp³-hybridized carbons (Fsp3) is 0.0952. The highest BCUT2D eigenvalue weighted by atomic mass is 16.5. The molecule has 0 bridgehead atoms. The summed E-state index contributed by atoms with van der Waals surface area (Å²) in [6, 6.07) is 31.0. The Balaban J connectivity index is 1.24. The lowest BCUT2D eigenvalue weighted by atomic mass is 9.81. The predicted molar refractivity (Wildman–Crippen MR) is 190 cm³/mol. The second-order valence-corrected chi connectivity index (χ2v) is 12.8. The number of benzene rings is 6. The molecule has 6 aromatic rings. The first-order valence-corrected chi connectivity index (χ1v) is 16.3. The number of rotatable bonds is 6. The zero-order valence-electron chi connectivity index (χ0n) is 26.9. The van der Waals surface area contributed by atoms with Crippen LogP contribution in [-0.4, -0.2) is 35.7 Å². The van der Waals surface area contributed by atoms with Crippen LogP contribution in [0.4, 0.5) is 0 Å². The maximum atomic E-state index is 11.8. The van der Waals surface area contributed by atoms with Crippen LogP contribution in [0, 0.1) is 0 Å². The summed E-state index contributed by atoms with van der Waals surface area (Å²) in [5.74, 6) is -0.540. The fourth-order valence-corrected chi connectivity index (χ4v) is 7.18. The molecule has 2 aliphatic heterocycles. The van der Waals surface area contributed by atoms with Gasteiger partial charge < -0.3 is 45.2 Å². The molecule has 51 heavy (non-hydrogen) atoms. The molecule has 0 unspecified atom stereocenters. The average Bonchev–Trinajstić information content (AvgIpc) is 3.68. The molecule has 0 amide bonds. The SMILES string of the molecule is Oc1ccc(C=Cc2cc(O)c3c(c2)O[C@H](c2ccc(O)cc2)[C@H]3c2cc(O)c3c(c2)O[C@H](c2ccc(O)cc2)[C@H]3c2cc(O)cc(O)c2)cc1. The van der Waals surface area contributed by atoms with Gasteiger partial charge in [-0.1, -0.05) is 48.6 Å². The van der Waals surface area contributed by atoms with Crippen LogP contribution in [0.5, 0.6) is 51.7 Å². The maximum absolute atomic E-state index is 11.8. The Bertz CT molecular complexity index is 2270. The third-order valence-electron chi connectivity index (χ3n) is 9.47. The van der Waals surface area contributed by atoms with E-state index in [0.29, 0.717) is 44.9 Å². The van der Waals surface area contributed by atoms with E-state index < -0.39 is 24.0 Å². The molecule has 7 N–H and O–H groups in total. The first kappa shape index (κ1) is 31.5. The lowest BCUT2D eigenvalue weighted by Gasteiger charge is -2.22. The summed E-state index contributed by atoms with van der Waals surface area (Å²) in [4.78, 5) is 0. The fourth-order valence-electron chi connectivity index (χ4n) is 7.18. The van der Waals surface area contributed by atoms with E-state index in [-0.39, 0.29) is 40.2 Å². The number of ether oxygens (including phenoxy) is 2. The van der Waals surface area contributed by atoms with Crippen LogP contribution in [-0.2, 0) is 0 Å². The first-order chi connectivity index (χ1) is 24.6. The van der Waals surface area contributed by atoms with Crippen LogP contribution in [0.15, 0.2) is 115 Å². The smallest absolute Gasteiger partial charge is 0.135 e. The van der Waals surface area contributed by atoms with E-state index in [1.54, 1.807) is 78.9 Å². The van der Waals surface area contributed by atoms with Gasteiger partial charge in [-0.3, -0.25) is 0 Å². The van der Waals surface area contributed by atoms with Gasteiger partial charge in [0.05, 0.1) is 11.8 Å². The summed E-state index contributed by atoms with van der Waals surface area (Å²) in [5.41, 5.74) is 5.01. The van der Waals surface area contributed by atoms with Crippen LogP contribution in [0.1, 0.15) is 68.6 Å². The predicted octanol–water partition coefficient (Wildman–Crippen LogP) is 8.33. The Kier molecular flexibility index (Phi) is 7.60. The number of aromatic hydroxyl groups is 7. The van der Waals surface area contributed by atoms with Crippen molar-refractivity contribution < 1.29 is 45.2 Å². The van der Waals surface area contributed by atoms with Crippen molar-refractivity contribution in [1.29, 1.82) is 0 Å². The topological polar surface area (TPSA) is 160 Å². The van der Waals surface area contributed by atoms with E-state index >= 15 is 0 Å². The van der Waals surface area contributed by atoms with Crippen molar-refractivity contribution in [2.75, 3.05) is 0 Å². The van der Waals surface area contributed by atoms with Gasteiger partial charge >= 0.3 is 0 Å². The van der Waals surface area contributed by atoms with Gasteiger partial charge in [-0.25, -0.2) is 0 Å². The normalized spacial score (nSPS) is 19.0. The summed E-state index contributed by atoms with van der Waals surface area (Å²) < 4.78 is 13.1. The molecule has 254 valence electrons. The van der Waals surface area contributed by atoms with Gasteiger partial charge in [-0.05, 0) is 106 Å². The molecule has 2 heterocycles.